The average Bonchev–Trinajstić information content (AvgIpc) is 1.95. The molecule has 1 aliphatic heterocycles. The molecule has 0 aromatic rings. The van der Waals surface area contributed by atoms with Gasteiger partial charge in [0.1, 0.15) is 6.54 Å². The van der Waals surface area contributed by atoms with E-state index >= 15 is 0 Å². The maximum atomic E-state index is 12.3. The Morgan fingerprint density at radius 1 is 1.44 bits per heavy atom. The van der Waals surface area contributed by atoms with Gasteiger partial charge in [0.25, 0.3) is 0 Å². The van der Waals surface area contributed by atoms with Crippen molar-refractivity contribution in [2.45, 2.75) is 20.0 Å². The number of nitrogens with one attached hydrogen (secondary N) is 1. The molecule has 0 aromatic heterocycles. The van der Waals surface area contributed by atoms with Gasteiger partial charge in [-0.3, -0.25) is 4.79 Å². The van der Waals surface area contributed by atoms with E-state index in [0.717, 1.165) is 4.90 Å². The van der Waals surface area contributed by atoms with Crippen molar-refractivity contribution >= 4 is 5.91 Å². The molecule has 0 aromatic carbocycles. The Labute approximate surface area is 93.0 Å². The number of carbonyl (C=O) groups is 1. The van der Waals surface area contributed by atoms with E-state index in [1.54, 1.807) is 13.8 Å². The number of nitrogens with zero attached hydrogens (tertiary/aromatic N) is 1. The summed E-state index contributed by atoms with van der Waals surface area (Å²) in [7, 11) is 0. The third-order valence-electron chi connectivity index (χ3n) is 2.40. The van der Waals surface area contributed by atoms with Gasteiger partial charge in [-0.05, 0) is 5.92 Å². The van der Waals surface area contributed by atoms with E-state index < -0.39 is 12.7 Å². The molecular weight excluding hydrogens is 221 g/mol. The molecule has 0 bridgehead atoms. The summed E-state index contributed by atoms with van der Waals surface area (Å²) >= 11 is 0. The molecule has 1 N–H and O–H groups in total. The molecule has 3 nitrogen and oxygen atoms in total. The number of amides is 1. The van der Waals surface area contributed by atoms with Crippen LogP contribution in [0.3, 0.4) is 0 Å². The second-order valence-corrected chi connectivity index (χ2v) is 4.58. The zero-order valence-corrected chi connectivity index (χ0v) is 9.47. The highest BCUT2D eigenvalue weighted by Crippen LogP contribution is 2.19. The van der Waals surface area contributed by atoms with Gasteiger partial charge in [-0.1, -0.05) is 13.8 Å². The molecule has 1 aliphatic rings. The van der Waals surface area contributed by atoms with Gasteiger partial charge in [-0.2, -0.15) is 13.2 Å². The van der Waals surface area contributed by atoms with Gasteiger partial charge in [0.15, 0.2) is 0 Å². The Morgan fingerprint density at radius 2 is 2.00 bits per heavy atom. The van der Waals surface area contributed by atoms with Gasteiger partial charge in [0.2, 0.25) is 5.91 Å². The summed E-state index contributed by atoms with van der Waals surface area (Å²) in [5, 5.41) is 2.88. The predicted octanol–water partition coefficient (Wildman–Crippen LogP) is 1.25. The largest absolute Gasteiger partial charge is 0.406 e. The summed E-state index contributed by atoms with van der Waals surface area (Å²) in [6.07, 6.45) is -4.32. The minimum Gasteiger partial charge on any atom is -0.333 e. The highest BCUT2D eigenvalue weighted by molar-refractivity contribution is 5.80. The molecule has 0 aliphatic carbocycles. The number of hydrogen-bond donors (Lipinski definition) is 1. The Hall–Kier alpha value is -0.780. The van der Waals surface area contributed by atoms with Crippen LogP contribution in [-0.4, -0.2) is 43.2 Å². The van der Waals surface area contributed by atoms with Crippen molar-refractivity contribution in [1.82, 2.24) is 10.2 Å². The zero-order valence-electron chi connectivity index (χ0n) is 9.47. The second-order valence-electron chi connectivity index (χ2n) is 4.58. The van der Waals surface area contributed by atoms with E-state index in [2.05, 4.69) is 5.32 Å². The molecule has 1 rings (SSSR count). The Balaban J connectivity index is 2.58. The standard InChI is InChI=1S/C10H17F3N2O/c1-7(2)5-15(6-10(11,12)13)9(16)8-3-14-4-8/h7-8,14H,3-6H2,1-2H3. The molecular formula is C10H17F3N2O. The number of hydrogen-bond acceptors (Lipinski definition) is 2. The number of carbonyl (C=O) groups excluding carboxylic acids is 1. The van der Waals surface area contributed by atoms with E-state index in [-0.39, 0.29) is 24.3 Å². The molecule has 6 heteroatoms. The number of alkyl halides is 3. The molecule has 0 saturated carbocycles. The average molecular weight is 238 g/mol. The smallest absolute Gasteiger partial charge is 0.333 e. The van der Waals surface area contributed by atoms with E-state index in [0.29, 0.717) is 13.1 Å². The first kappa shape index (κ1) is 13.3. The lowest BCUT2D eigenvalue weighted by atomic mass is 10.0. The van der Waals surface area contributed by atoms with Crippen molar-refractivity contribution in [3.05, 3.63) is 0 Å². The molecule has 0 spiro atoms. The maximum Gasteiger partial charge on any atom is 0.406 e. The monoisotopic (exact) mass is 238 g/mol. The third kappa shape index (κ3) is 4.00. The van der Waals surface area contributed by atoms with Gasteiger partial charge in [0.05, 0.1) is 5.92 Å². The minimum absolute atomic E-state index is 0.0411. The molecule has 0 radical (unpaired) electrons. The molecule has 1 heterocycles. The Kier molecular flexibility index (Phi) is 4.18. The molecule has 1 amide bonds. The molecule has 1 fully saturated rings. The van der Waals surface area contributed by atoms with Crippen LogP contribution >= 0.6 is 0 Å². The van der Waals surface area contributed by atoms with Gasteiger partial charge in [-0.25, -0.2) is 0 Å². The maximum absolute atomic E-state index is 12.3. The van der Waals surface area contributed by atoms with Crippen molar-refractivity contribution in [3.63, 3.8) is 0 Å². The fourth-order valence-electron chi connectivity index (χ4n) is 1.61. The van der Waals surface area contributed by atoms with Crippen LogP contribution in [0.2, 0.25) is 0 Å². The van der Waals surface area contributed by atoms with Crippen LogP contribution in [0.15, 0.2) is 0 Å². The summed E-state index contributed by atoms with van der Waals surface area (Å²) < 4.78 is 36.9. The molecule has 1 saturated heterocycles. The van der Waals surface area contributed by atoms with Crippen LogP contribution in [0.25, 0.3) is 0 Å². The summed E-state index contributed by atoms with van der Waals surface area (Å²) in [6, 6.07) is 0. The van der Waals surface area contributed by atoms with Crippen LogP contribution in [0.1, 0.15) is 13.8 Å². The van der Waals surface area contributed by atoms with E-state index in [9.17, 15) is 18.0 Å². The first-order valence-electron chi connectivity index (χ1n) is 5.36. The minimum atomic E-state index is -4.32. The first-order chi connectivity index (χ1) is 7.29. The molecule has 0 unspecified atom stereocenters. The van der Waals surface area contributed by atoms with Gasteiger partial charge >= 0.3 is 6.18 Å². The summed E-state index contributed by atoms with van der Waals surface area (Å²) in [5.74, 6) is -0.620. The van der Waals surface area contributed by atoms with Gasteiger partial charge in [0, 0.05) is 19.6 Å². The van der Waals surface area contributed by atoms with Crippen molar-refractivity contribution in [1.29, 1.82) is 0 Å². The third-order valence-corrected chi connectivity index (χ3v) is 2.40. The molecule has 16 heavy (non-hydrogen) atoms. The van der Waals surface area contributed by atoms with Crippen molar-refractivity contribution in [2.75, 3.05) is 26.2 Å². The normalized spacial score (nSPS) is 17.4. The van der Waals surface area contributed by atoms with E-state index in [1.165, 1.54) is 0 Å². The Bertz CT molecular complexity index is 249. The second kappa shape index (κ2) is 5.03. The summed E-state index contributed by atoms with van der Waals surface area (Å²) in [4.78, 5) is 12.7. The lowest BCUT2D eigenvalue weighted by molar-refractivity contribution is -0.165. The summed E-state index contributed by atoms with van der Waals surface area (Å²) in [6.45, 7) is 3.61. The quantitative estimate of drug-likeness (QED) is 0.799. The first-order valence-corrected chi connectivity index (χ1v) is 5.36. The molecule has 94 valence electrons. The van der Waals surface area contributed by atoms with Crippen LogP contribution in [0.4, 0.5) is 13.2 Å². The number of halogens is 3. The lowest BCUT2D eigenvalue weighted by Gasteiger charge is -2.33. The number of rotatable bonds is 4. The fourth-order valence-corrected chi connectivity index (χ4v) is 1.61. The topological polar surface area (TPSA) is 32.3 Å². The van der Waals surface area contributed by atoms with Crippen LogP contribution in [0, 0.1) is 11.8 Å². The highest BCUT2D eigenvalue weighted by atomic mass is 19.4. The van der Waals surface area contributed by atoms with Crippen molar-refractivity contribution < 1.29 is 18.0 Å². The SMILES string of the molecule is CC(C)CN(CC(F)(F)F)C(=O)C1CNC1. The predicted molar refractivity (Wildman–Crippen MR) is 53.8 cm³/mol. The van der Waals surface area contributed by atoms with E-state index in [1.807, 2.05) is 0 Å². The Morgan fingerprint density at radius 3 is 2.31 bits per heavy atom. The van der Waals surface area contributed by atoms with E-state index in [4.69, 9.17) is 0 Å². The zero-order chi connectivity index (χ0) is 12.3. The van der Waals surface area contributed by atoms with Crippen LogP contribution < -0.4 is 5.32 Å². The van der Waals surface area contributed by atoms with Crippen molar-refractivity contribution in [2.24, 2.45) is 11.8 Å². The highest BCUT2D eigenvalue weighted by Gasteiger charge is 2.37. The van der Waals surface area contributed by atoms with Crippen LogP contribution in [-0.2, 0) is 4.79 Å². The van der Waals surface area contributed by atoms with Crippen LogP contribution in [0.5, 0.6) is 0 Å². The fraction of sp³-hybridized carbons (Fsp3) is 0.900. The van der Waals surface area contributed by atoms with Crippen molar-refractivity contribution in [3.8, 4) is 0 Å². The van der Waals surface area contributed by atoms with Gasteiger partial charge < -0.3 is 10.2 Å². The van der Waals surface area contributed by atoms with Gasteiger partial charge in [-0.15, -0.1) is 0 Å². The summed E-state index contributed by atoms with van der Waals surface area (Å²) in [5.41, 5.74) is 0. The molecule has 0 atom stereocenters. The lowest BCUT2D eigenvalue weighted by Crippen LogP contribution is -2.54.